The van der Waals surface area contributed by atoms with E-state index in [1.165, 1.54) is 19.3 Å². The van der Waals surface area contributed by atoms with E-state index in [4.69, 9.17) is 0 Å². The van der Waals surface area contributed by atoms with E-state index < -0.39 is 0 Å². The number of rotatable bonds is 5. The Morgan fingerprint density at radius 2 is 1.82 bits per heavy atom. The van der Waals surface area contributed by atoms with Crippen LogP contribution in [0, 0.1) is 19.8 Å². The molecule has 0 aromatic heterocycles. The van der Waals surface area contributed by atoms with Gasteiger partial charge in [0.2, 0.25) is 5.91 Å². The molecule has 22 heavy (non-hydrogen) atoms. The fourth-order valence-electron chi connectivity index (χ4n) is 3.35. The predicted octanol–water partition coefficient (Wildman–Crippen LogP) is 2.77. The molecule has 0 radical (unpaired) electrons. The Kier molecular flexibility index (Phi) is 6.40. The first kappa shape index (κ1) is 17.0. The van der Waals surface area contributed by atoms with E-state index in [9.17, 15) is 9.90 Å². The summed E-state index contributed by atoms with van der Waals surface area (Å²) in [6, 6.07) is 6.29. The van der Waals surface area contributed by atoms with Crippen molar-refractivity contribution in [3.8, 4) is 0 Å². The Morgan fingerprint density at radius 1 is 1.14 bits per heavy atom. The molecule has 4 heteroatoms. The summed E-state index contributed by atoms with van der Waals surface area (Å²) in [6.45, 7) is 4.56. The maximum Gasteiger partial charge on any atom is 0.238 e. The minimum absolute atomic E-state index is 0.0223. The number of hydrogen-bond donors (Lipinski definition) is 3. The van der Waals surface area contributed by atoms with Gasteiger partial charge in [-0.05, 0) is 55.9 Å². The second kappa shape index (κ2) is 8.30. The van der Waals surface area contributed by atoms with E-state index in [0.29, 0.717) is 6.54 Å². The van der Waals surface area contributed by atoms with E-state index in [0.717, 1.165) is 29.7 Å². The first-order valence-corrected chi connectivity index (χ1v) is 8.31. The summed E-state index contributed by atoms with van der Waals surface area (Å²) >= 11 is 0. The number of anilines is 1. The molecule has 2 rings (SSSR count). The van der Waals surface area contributed by atoms with Gasteiger partial charge in [-0.2, -0.15) is 0 Å². The minimum Gasteiger partial charge on any atom is -0.396 e. The van der Waals surface area contributed by atoms with Crippen LogP contribution in [-0.4, -0.2) is 30.2 Å². The fraction of sp³-hybridized carbons (Fsp3) is 0.611. The normalized spacial score (nSPS) is 22.1. The van der Waals surface area contributed by atoms with Crippen molar-refractivity contribution in [2.24, 2.45) is 5.92 Å². The van der Waals surface area contributed by atoms with Crippen LogP contribution < -0.4 is 10.6 Å². The van der Waals surface area contributed by atoms with Gasteiger partial charge >= 0.3 is 0 Å². The molecule has 122 valence electrons. The molecule has 0 spiro atoms. The molecule has 4 nitrogen and oxygen atoms in total. The number of benzene rings is 1. The van der Waals surface area contributed by atoms with Gasteiger partial charge in [-0.1, -0.05) is 25.3 Å². The van der Waals surface area contributed by atoms with Crippen LogP contribution in [0.25, 0.3) is 0 Å². The molecule has 1 fully saturated rings. The molecule has 1 aliphatic rings. The van der Waals surface area contributed by atoms with Gasteiger partial charge in [0.05, 0.1) is 6.54 Å². The smallest absolute Gasteiger partial charge is 0.238 e. The molecule has 0 bridgehead atoms. The van der Waals surface area contributed by atoms with Crippen molar-refractivity contribution < 1.29 is 9.90 Å². The first-order chi connectivity index (χ1) is 10.6. The van der Waals surface area contributed by atoms with Crippen LogP contribution in [0.1, 0.15) is 43.2 Å². The summed E-state index contributed by atoms with van der Waals surface area (Å²) in [4.78, 5) is 12.1. The quantitative estimate of drug-likeness (QED) is 0.733. The lowest BCUT2D eigenvalue weighted by Gasteiger charge is -2.24. The van der Waals surface area contributed by atoms with E-state index in [2.05, 4.69) is 16.7 Å². The molecule has 0 aliphatic heterocycles. The Bertz CT molecular complexity index is 482. The van der Waals surface area contributed by atoms with Crippen LogP contribution in [0.3, 0.4) is 0 Å². The van der Waals surface area contributed by atoms with E-state index >= 15 is 0 Å². The molecule has 1 aromatic carbocycles. The average Bonchev–Trinajstić information content (AvgIpc) is 2.68. The fourth-order valence-corrected chi connectivity index (χ4v) is 3.35. The molecular formula is C18H28N2O2. The Morgan fingerprint density at radius 3 is 2.50 bits per heavy atom. The lowest BCUT2D eigenvalue weighted by molar-refractivity contribution is -0.115. The van der Waals surface area contributed by atoms with E-state index in [1.54, 1.807) is 0 Å². The lowest BCUT2D eigenvalue weighted by Crippen LogP contribution is -2.41. The number of amides is 1. The number of hydrogen-bond acceptors (Lipinski definition) is 3. The summed E-state index contributed by atoms with van der Waals surface area (Å²) in [5.74, 6) is 0.252. The van der Waals surface area contributed by atoms with Crippen molar-refractivity contribution in [2.75, 3.05) is 18.5 Å². The number of carbonyl (C=O) groups excluding carboxylic acids is 1. The van der Waals surface area contributed by atoms with Gasteiger partial charge in [-0.3, -0.25) is 4.79 Å². The van der Waals surface area contributed by atoms with Gasteiger partial charge in [0.15, 0.2) is 0 Å². The zero-order valence-electron chi connectivity index (χ0n) is 13.7. The number of aryl methyl sites for hydroxylation is 2. The molecule has 1 aliphatic carbocycles. The molecule has 1 amide bonds. The zero-order valence-corrected chi connectivity index (χ0v) is 13.7. The van der Waals surface area contributed by atoms with Gasteiger partial charge in [0, 0.05) is 18.3 Å². The predicted molar refractivity (Wildman–Crippen MR) is 90.0 cm³/mol. The maximum absolute atomic E-state index is 12.1. The highest BCUT2D eigenvalue weighted by atomic mass is 16.3. The monoisotopic (exact) mass is 304 g/mol. The second-order valence-electron chi connectivity index (χ2n) is 6.49. The number of nitrogens with one attached hydrogen (secondary N) is 2. The van der Waals surface area contributed by atoms with Crippen molar-refractivity contribution in [3.05, 3.63) is 29.3 Å². The summed E-state index contributed by atoms with van der Waals surface area (Å²) < 4.78 is 0. The number of carbonyl (C=O) groups is 1. The Hall–Kier alpha value is -1.39. The minimum atomic E-state index is -0.0223. The van der Waals surface area contributed by atoms with Gasteiger partial charge < -0.3 is 15.7 Å². The number of aliphatic hydroxyl groups excluding tert-OH is 1. The highest BCUT2D eigenvalue weighted by Gasteiger charge is 2.23. The van der Waals surface area contributed by atoms with E-state index in [-0.39, 0.29) is 24.5 Å². The maximum atomic E-state index is 12.1. The molecule has 0 unspecified atom stereocenters. The summed E-state index contributed by atoms with van der Waals surface area (Å²) in [7, 11) is 0. The molecule has 2 atom stereocenters. The molecular weight excluding hydrogens is 276 g/mol. The van der Waals surface area contributed by atoms with Crippen LogP contribution in [-0.2, 0) is 4.79 Å². The summed E-state index contributed by atoms with van der Waals surface area (Å²) in [5.41, 5.74) is 3.14. The van der Waals surface area contributed by atoms with Crippen LogP contribution in [0.15, 0.2) is 18.2 Å². The van der Waals surface area contributed by atoms with Gasteiger partial charge in [0.1, 0.15) is 0 Å². The topological polar surface area (TPSA) is 61.4 Å². The van der Waals surface area contributed by atoms with Crippen molar-refractivity contribution in [3.63, 3.8) is 0 Å². The molecule has 3 N–H and O–H groups in total. The molecule has 1 saturated carbocycles. The second-order valence-corrected chi connectivity index (χ2v) is 6.49. The SMILES string of the molecule is Cc1cc(C)cc(NC(=O)CN[C@@H]2CCCCC[C@@H]2CO)c1. The third-order valence-corrected chi connectivity index (χ3v) is 4.42. The van der Waals surface area contributed by atoms with Crippen LogP contribution in [0.4, 0.5) is 5.69 Å². The van der Waals surface area contributed by atoms with Crippen LogP contribution in [0.5, 0.6) is 0 Å². The molecule has 0 heterocycles. The third-order valence-electron chi connectivity index (χ3n) is 4.42. The summed E-state index contributed by atoms with van der Waals surface area (Å²) in [5, 5.41) is 15.8. The standard InChI is InChI=1S/C18H28N2O2/c1-13-8-14(2)10-16(9-13)20-18(22)11-19-17-7-5-3-4-6-15(17)12-21/h8-10,15,17,19,21H,3-7,11-12H2,1-2H3,(H,20,22)/t15-,17-/m1/s1. The van der Waals surface area contributed by atoms with Crippen molar-refractivity contribution >= 4 is 11.6 Å². The molecule has 0 saturated heterocycles. The van der Waals surface area contributed by atoms with Gasteiger partial charge in [0.25, 0.3) is 0 Å². The van der Waals surface area contributed by atoms with Crippen molar-refractivity contribution in [1.82, 2.24) is 5.32 Å². The lowest BCUT2D eigenvalue weighted by atomic mass is 9.96. The van der Waals surface area contributed by atoms with Gasteiger partial charge in [-0.15, -0.1) is 0 Å². The average molecular weight is 304 g/mol. The third kappa shape index (κ3) is 5.11. The Balaban J connectivity index is 1.86. The highest BCUT2D eigenvalue weighted by molar-refractivity contribution is 5.92. The van der Waals surface area contributed by atoms with E-state index in [1.807, 2.05) is 26.0 Å². The van der Waals surface area contributed by atoms with Crippen molar-refractivity contribution in [1.29, 1.82) is 0 Å². The largest absolute Gasteiger partial charge is 0.396 e. The Labute approximate surface area is 133 Å². The highest BCUT2D eigenvalue weighted by Crippen LogP contribution is 2.23. The van der Waals surface area contributed by atoms with Gasteiger partial charge in [-0.25, -0.2) is 0 Å². The number of aliphatic hydroxyl groups is 1. The molecule has 1 aromatic rings. The summed E-state index contributed by atoms with van der Waals surface area (Å²) in [6.07, 6.45) is 5.67. The zero-order chi connectivity index (χ0) is 15.9. The van der Waals surface area contributed by atoms with Crippen LogP contribution >= 0.6 is 0 Å². The van der Waals surface area contributed by atoms with Crippen LogP contribution in [0.2, 0.25) is 0 Å². The first-order valence-electron chi connectivity index (χ1n) is 8.31. The van der Waals surface area contributed by atoms with Crippen molar-refractivity contribution in [2.45, 2.75) is 52.0 Å².